The third-order valence-electron chi connectivity index (χ3n) is 4.67. The molecule has 1 heterocycles. The number of carbonyl (C=O) groups excluding carboxylic acids is 1. The summed E-state index contributed by atoms with van der Waals surface area (Å²) >= 11 is 0. The predicted molar refractivity (Wildman–Crippen MR) is 112 cm³/mol. The van der Waals surface area contributed by atoms with E-state index in [9.17, 15) is 4.79 Å². The molecular formula is C23H27NO5. The highest BCUT2D eigenvalue weighted by Gasteiger charge is 2.21. The fraction of sp³-hybridized carbons (Fsp3) is 0.348. The summed E-state index contributed by atoms with van der Waals surface area (Å²) in [5, 5.41) is 2.90. The van der Waals surface area contributed by atoms with Crippen molar-refractivity contribution in [3.05, 3.63) is 53.1 Å². The van der Waals surface area contributed by atoms with Crippen LogP contribution in [0, 0.1) is 0 Å². The number of ether oxygens (including phenoxy) is 4. The molecule has 0 aliphatic carbocycles. The van der Waals surface area contributed by atoms with E-state index in [4.69, 9.17) is 18.9 Å². The summed E-state index contributed by atoms with van der Waals surface area (Å²) in [5.74, 6) is 2.71. The minimum atomic E-state index is -0.197. The predicted octanol–water partition coefficient (Wildman–Crippen LogP) is 3.76. The van der Waals surface area contributed by atoms with E-state index in [0.717, 1.165) is 34.6 Å². The third-order valence-corrected chi connectivity index (χ3v) is 4.67. The molecule has 0 unspecified atom stereocenters. The van der Waals surface area contributed by atoms with Crippen molar-refractivity contribution in [2.75, 3.05) is 20.8 Å². The van der Waals surface area contributed by atoms with E-state index >= 15 is 0 Å². The minimum absolute atomic E-state index is 0.161. The molecular weight excluding hydrogens is 370 g/mol. The lowest BCUT2D eigenvalue weighted by atomic mass is 10.1. The lowest BCUT2D eigenvalue weighted by Crippen LogP contribution is -2.20. The molecule has 154 valence electrons. The van der Waals surface area contributed by atoms with Crippen LogP contribution in [0.2, 0.25) is 0 Å². The molecule has 1 amide bonds. The maximum atomic E-state index is 12.3. The molecule has 6 nitrogen and oxygen atoms in total. The Morgan fingerprint density at radius 1 is 1.17 bits per heavy atom. The van der Waals surface area contributed by atoms with E-state index in [-0.39, 0.29) is 12.0 Å². The van der Waals surface area contributed by atoms with Gasteiger partial charge in [0.05, 0.1) is 20.8 Å². The van der Waals surface area contributed by atoms with Crippen molar-refractivity contribution in [3.8, 4) is 23.0 Å². The monoisotopic (exact) mass is 397 g/mol. The maximum Gasteiger partial charge on any atom is 0.244 e. The average Bonchev–Trinajstić information content (AvgIpc) is 3.09. The average molecular weight is 397 g/mol. The Morgan fingerprint density at radius 2 is 1.97 bits per heavy atom. The van der Waals surface area contributed by atoms with E-state index in [1.165, 1.54) is 6.08 Å². The fourth-order valence-electron chi connectivity index (χ4n) is 3.28. The van der Waals surface area contributed by atoms with Crippen LogP contribution in [0.1, 0.15) is 30.5 Å². The maximum absolute atomic E-state index is 12.3. The van der Waals surface area contributed by atoms with Crippen molar-refractivity contribution in [2.24, 2.45) is 0 Å². The van der Waals surface area contributed by atoms with Gasteiger partial charge in [0.25, 0.3) is 0 Å². The Bertz CT molecular complexity index is 906. The summed E-state index contributed by atoms with van der Waals surface area (Å²) in [6.45, 7) is 4.91. The molecule has 0 spiro atoms. The molecule has 0 saturated heterocycles. The quantitative estimate of drug-likeness (QED) is 0.687. The summed E-state index contributed by atoms with van der Waals surface area (Å²) in [5.41, 5.74) is 2.88. The van der Waals surface area contributed by atoms with Crippen molar-refractivity contribution in [1.82, 2.24) is 5.32 Å². The normalized spacial score (nSPS) is 15.0. The summed E-state index contributed by atoms with van der Waals surface area (Å²) in [4.78, 5) is 12.3. The zero-order valence-corrected chi connectivity index (χ0v) is 17.3. The zero-order valence-electron chi connectivity index (χ0n) is 17.3. The van der Waals surface area contributed by atoms with E-state index in [0.29, 0.717) is 24.7 Å². The van der Waals surface area contributed by atoms with E-state index < -0.39 is 0 Å². The van der Waals surface area contributed by atoms with Gasteiger partial charge in [-0.3, -0.25) is 4.79 Å². The van der Waals surface area contributed by atoms with Crippen LogP contribution in [-0.4, -0.2) is 32.8 Å². The van der Waals surface area contributed by atoms with E-state index in [2.05, 4.69) is 5.32 Å². The second-order valence-corrected chi connectivity index (χ2v) is 6.80. The largest absolute Gasteiger partial charge is 0.494 e. The molecule has 1 aliphatic rings. The summed E-state index contributed by atoms with van der Waals surface area (Å²) in [7, 11) is 3.16. The molecule has 2 aromatic carbocycles. The van der Waals surface area contributed by atoms with Gasteiger partial charge in [0.2, 0.25) is 5.91 Å². The van der Waals surface area contributed by atoms with Crippen LogP contribution < -0.4 is 24.3 Å². The van der Waals surface area contributed by atoms with Gasteiger partial charge in [-0.15, -0.1) is 0 Å². The highest BCUT2D eigenvalue weighted by atomic mass is 16.5. The molecule has 0 aromatic heterocycles. The Labute approximate surface area is 171 Å². The van der Waals surface area contributed by atoms with Crippen molar-refractivity contribution in [3.63, 3.8) is 0 Å². The Kier molecular flexibility index (Phi) is 6.65. The fourth-order valence-corrected chi connectivity index (χ4v) is 3.28. The first kappa shape index (κ1) is 20.6. The van der Waals surface area contributed by atoms with Crippen LogP contribution in [0.4, 0.5) is 0 Å². The van der Waals surface area contributed by atoms with Crippen molar-refractivity contribution < 1.29 is 23.7 Å². The van der Waals surface area contributed by atoms with Gasteiger partial charge in [-0.25, -0.2) is 0 Å². The van der Waals surface area contributed by atoms with Crippen molar-refractivity contribution >= 4 is 12.0 Å². The number of nitrogens with one attached hydrogen (secondary N) is 1. The molecule has 29 heavy (non-hydrogen) atoms. The first-order valence-corrected chi connectivity index (χ1v) is 9.67. The van der Waals surface area contributed by atoms with Crippen LogP contribution >= 0.6 is 0 Å². The SMILES string of the molecule is CCOc1cc2c(cc1CNC(=O)/C=C/c1ccc(OC)c(OC)c1)O[C@H](C)C2. The third kappa shape index (κ3) is 5.02. The number of hydrogen-bond donors (Lipinski definition) is 1. The first-order chi connectivity index (χ1) is 14.0. The molecule has 2 aromatic rings. The number of methoxy groups -OCH3 is 2. The molecule has 0 bridgehead atoms. The van der Waals surface area contributed by atoms with E-state index in [1.807, 2.05) is 38.1 Å². The standard InChI is InChI=1S/C23H27NO5/c1-5-28-20-12-17-10-15(2)29-21(17)13-18(20)14-24-23(25)9-7-16-6-8-19(26-3)22(11-16)27-4/h6-9,11-13,15H,5,10,14H2,1-4H3,(H,24,25)/b9-7+/t15-/m1/s1. The smallest absolute Gasteiger partial charge is 0.244 e. The number of amides is 1. The van der Waals surface area contributed by atoms with Crippen LogP contribution in [0.15, 0.2) is 36.4 Å². The lowest BCUT2D eigenvalue weighted by Gasteiger charge is -2.13. The number of fused-ring (bicyclic) bond motifs is 1. The lowest BCUT2D eigenvalue weighted by molar-refractivity contribution is -0.116. The molecule has 6 heteroatoms. The van der Waals surface area contributed by atoms with Gasteiger partial charge in [-0.2, -0.15) is 0 Å². The van der Waals surface area contributed by atoms with Gasteiger partial charge < -0.3 is 24.3 Å². The number of rotatable bonds is 8. The molecule has 3 rings (SSSR count). The van der Waals surface area contributed by atoms with Gasteiger partial charge in [0.15, 0.2) is 11.5 Å². The van der Waals surface area contributed by atoms with Crippen LogP contribution in [-0.2, 0) is 17.8 Å². The Balaban J connectivity index is 1.66. The summed E-state index contributed by atoms with van der Waals surface area (Å²) in [6.07, 6.45) is 4.26. The van der Waals surface area contributed by atoms with Crippen LogP contribution in [0.3, 0.4) is 0 Å². The number of carbonyl (C=O) groups is 1. The number of benzene rings is 2. The zero-order chi connectivity index (χ0) is 20.8. The van der Waals surface area contributed by atoms with Gasteiger partial charge in [-0.1, -0.05) is 6.07 Å². The second-order valence-electron chi connectivity index (χ2n) is 6.80. The van der Waals surface area contributed by atoms with Crippen molar-refractivity contribution in [1.29, 1.82) is 0 Å². The summed E-state index contributed by atoms with van der Waals surface area (Å²) in [6, 6.07) is 9.45. The highest BCUT2D eigenvalue weighted by Crippen LogP contribution is 2.35. The number of hydrogen-bond acceptors (Lipinski definition) is 5. The van der Waals surface area contributed by atoms with E-state index in [1.54, 1.807) is 26.4 Å². The molecule has 1 atom stereocenters. The summed E-state index contributed by atoms with van der Waals surface area (Å²) < 4.78 is 22.1. The molecule has 0 fully saturated rings. The van der Waals surface area contributed by atoms with Crippen LogP contribution in [0.5, 0.6) is 23.0 Å². The molecule has 0 radical (unpaired) electrons. The molecule has 1 aliphatic heterocycles. The Hall–Kier alpha value is -3.15. The molecule has 1 N–H and O–H groups in total. The minimum Gasteiger partial charge on any atom is -0.494 e. The van der Waals surface area contributed by atoms with Gasteiger partial charge >= 0.3 is 0 Å². The Morgan fingerprint density at radius 3 is 2.69 bits per heavy atom. The topological polar surface area (TPSA) is 66.0 Å². The van der Waals surface area contributed by atoms with Crippen LogP contribution in [0.25, 0.3) is 6.08 Å². The van der Waals surface area contributed by atoms with Gasteiger partial charge in [0, 0.05) is 30.2 Å². The van der Waals surface area contributed by atoms with Crippen molar-refractivity contribution in [2.45, 2.75) is 32.9 Å². The highest BCUT2D eigenvalue weighted by molar-refractivity contribution is 5.91. The second kappa shape index (κ2) is 9.37. The van der Waals surface area contributed by atoms with Gasteiger partial charge in [-0.05, 0) is 49.8 Å². The molecule has 0 saturated carbocycles. The van der Waals surface area contributed by atoms with Gasteiger partial charge in [0.1, 0.15) is 17.6 Å². The first-order valence-electron chi connectivity index (χ1n) is 9.67.